The van der Waals surface area contributed by atoms with Crippen molar-refractivity contribution in [2.24, 2.45) is 0 Å². The van der Waals surface area contributed by atoms with Crippen LogP contribution >= 0.6 is 0 Å². The van der Waals surface area contributed by atoms with Crippen molar-refractivity contribution in [1.82, 2.24) is 19.6 Å². The van der Waals surface area contributed by atoms with Crippen LogP contribution in [0, 0.1) is 13.8 Å². The zero-order chi connectivity index (χ0) is 21.8. The number of aliphatic hydroxyl groups is 1. The summed E-state index contributed by atoms with van der Waals surface area (Å²) in [4.78, 5) is 17.6. The smallest absolute Gasteiger partial charge is 0.257 e. The van der Waals surface area contributed by atoms with Crippen LogP contribution in [-0.4, -0.2) is 69.9 Å². The molecule has 31 heavy (non-hydrogen) atoms. The average Bonchev–Trinajstić information content (AvgIpc) is 3.20. The van der Waals surface area contributed by atoms with Crippen LogP contribution in [0.3, 0.4) is 0 Å². The van der Waals surface area contributed by atoms with Gasteiger partial charge in [0, 0.05) is 44.5 Å². The summed E-state index contributed by atoms with van der Waals surface area (Å²) >= 11 is 0. The molecule has 2 heterocycles. The molecular formula is C25H30N4O2. The van der Waals surface area contributed by atoms with Crippen LogP contribution in [-0.2, 0) is 6.54 Å². The Morgan fingerprint density at radius 2 is 1.74 bits per heavy atom. The Hall–Kier alpha value is -2.96. The Morgan fingerprint density at radius 1 is 1.00 bits per heavy atom. The first-order valence-corrected chi connectivity index (χ1v) is 10.9. The monoisotopic (exact) mass is 418 g/mol. The number of piperazine rings is 1. The van der Waals surface area contributed by atoms with Crippen molar-refractivity contribution in [2.75, 3.05) is 39.3 Å². The minimum atomic E-state index is 0.0242. The molecule has 0 saturated carbocycles. The highest BCUT2D eigenvalue weighted by Crippen LogP contribution is 2.26. The molecular weight excluding hydrogens is 388 g/mol. The normalized spacial score (nSPS) is 14.7. The molecule has 0 radical (unpaired) electrons. The predicted molar refractivity (Wildman–Crippen MR) is 122 cm³/mol. The largest absolute Gasteiger partial charge is 0.395 e. The van der Waals surface area contributed by atoms with Crippen LogP contribution in [0.5, 0.6) is 0 Å². The van der Waals surface area contributed by atoms with Gasteiger partial charge >= 0.3 is 0 Å². The molecule has 1 N–H and O–H groups in total. The van der Waals surface area contributed by atoms with E-state index in [4.69, 9.17) is 10.2 Å². The molecule has 0 spiro atoms. The van der Waals surface area contributed by atoms with E-state index < -0.39 is 0 Å². The van der Waals surface area contributed by atoms with Crippen LogP contribution < -0.4 is 0 Å². The fraction of sp³-hybridized carbons (Fsp3) is 0.360. The van der Waals surface area contributed by atoms with Crippen molar-refractivity contribution in [3.8, 4) is 11.3 Å². The van der Waals surface area contributed by atoms with E-state index in [2.05, 4.69) is 43.0 Å². The van der Waals surface area contributed by atoms with Gasteiger partial charge in [0.25, 0.3) is 5.91 Å². The van der Waals surface area contributed by atoms with Gasteiger partial charge in [-0.25, -0.2) is 0 Å². The number of benzene rings is 2. The summed E-state index contributed by atoms with van der Waals surface area (Å²) in [6.07, 6.45) is 1.89. The van der Waals surface area contributed by atoms with E-state index >= 15 is 0 Å². The summed E-state index contributed by atoms with van der Waals surface area (Å²) < 4.78 is 1.87. The van der Waals surface area contributed by atoms with Crippen LogP contribution in [0.15, 0.2) is 54.7 Å². The summed E-state index contributed by atoms with van der Waals surface area (Å²) in [5.74, 6) is 0.0242. The minimum absolute atomic E-state index is 0.0242. The van der Waals surface area contributed by atoms with Crippen LogP contribution in [0.25, 0.3) is 11.3 Å². The Labute approximate surface area is 183 Å². The van der Waals surface area contributed by atoms with Crippen LogP contribution in [0.4, 0.5) is 0 Å². The molecule has 0 aliphatic carbocycles. The lowest BCUT2D eigenvalue weighted by molar-refractivity contribution is 0.0615. The molecule has 162 valence electrons. The van der Waals surface area contributed by atoms with Gasteiger partial charge in [-0.15, -0.1) is 0 Å². The van der Waals surface area contributed by atoms with E-state index in [-0.39, 0.29) is 12.5 Å². The Bertz CT molecular complexity index is 1040. The third-order valence-electron chi connectivity index (χ3n) is 6.04. The summed E-state index contributed by atoms with van der Waals surface area (Å²) in [6, 6.07) is 16.4. The Balaban J connectivity index is 1.64. The van der Waals surface area contributed by atoms with Gasteiger partial charge in [0.15, 0.2) is 0 Å². The van der Waals surface area contributed by atoms with Crippen molar-refractivity contribution >= 4 is 5.91 Å². The molecule has 4 rings (SSSR count). The third kappa shape index (κ3) is 4.86. The standard InChI is InChI=1S/C25H30N4O2/c1-19-8-9-22(16-20(19)2)24-23(18-29(26-24)17-21-6-4-3-5-7-21)25(31)28-12-10-27(11-13-28)14-15-30/h3-9,16,18,30H,10-15,17H2,1-2H3. The van der Waals surface area contributed by atoms with E-state index in [1.54, 1.807) is 0 Å². The van der Waals surface area contributed by atoms with E-state index in [0.717, 1.165) is 29.9 Å². The third-order valence-corrected chi connectivity index (χ3v) is 6.04. The predicted octanol–water partition coefficient (Wildman–Crippen LogP) is 2.97. The number of aliphatic hydroxyl groups excluding tert-OH is 1. The molecule has 1 aliphatic rings. The summed E-state index contributed by atoms with van der Waals surface area (Å²) in [6.45, 7) is 8.49. The molecule has 3 aromatic rings. The second kappa shape index (κ2) is 9.45. The van der Waals surface area contributed by atoms with Crippen molar-refractivity contribution in [2.45, 2.75) is 20.4 Å². The Morgan fingerprint density at radius 3 is 2.42 bits per heavy atom. The first-order valence-electron chi connectivity index (χ1n) is 10.9. The van der Waals surface area contributed by atoms with E-state index in [0.29, 0.717) is 31.7 Å². The van der Waals surface area contributed by atoms with Gasteiger partial charge < -0.3 is 10.0 Å². The fourth-order valence-electron chi connectivity index (χ4n) is 4.02. The average molecular weight is 419 g/mol. The molecule has 6 heteroatoms. The van der Waals surface area contributed by atoms with Crippen molar-refractivity contribution in [3.05, 3.63) is 77.0 Å². The maximum Gasteiger partial charge on any atom is 0.257 e. The minimum Gasteiger partial charge on any atom is -0.395 e. The fourth-order valence-corrected chi connectivity index (χ4v) is 4.02. The molecule has 1 aromatic heterocycles. The lowest BCUT2D eigenvalue weighted by atomic mass is 10.0. The van der Waals surface area contributed by atoms with Crippen molar-refractivity contribution < 1.29 is 9.90 Å². The molecule has 0 atom stereocenters. The molecule has 2 aromatic carbocycles. The number of aryl methyl sites for hydroxylation is 2. The number of β-amino-alcohol motifs (C(OH)–C–C–N with tert-alkyl or cyclic N) is 1. The zero-order valence-electron chi connectivity index (χ0n) is 18.3. The lowest BCUT2D eigenvalue weighted by Crippen LogP contribution is -2.49. The van der Waals surface area contributed by atoms with E-state index in [1.165, 1.54) is 11.1 Å². The summed E-state index contributed by atoms with van der Waals surface area (Å²) in [5.41, 5.74) is 5.91. The van der Waals surface area contributed by atoms with E-state index in [1.807, 2.05) is 40.0 Å². The molecule has 1 fully saturated rings. The van der Waals surface area contributed by atoms with Gasteiger partial charge in [-0.1, -0.05) is 42.5 Å². The number of hydrogen-bond donors (Lipinski definition) is 1. The van der Waals surface area contributed by atoms with Gasteiger partial charge in [-0.05, 0) is 36.6 Å². The number of amides is 1. The second-order valence-corrected chi connectivity index (χ2v) is 8.23. The van der Waals surface area contributed by atoms with Crippen molar-refractivity contribution in [1.29, 1.82) is 0 Å². The second-order valence-electron chi connectivity index (χ2n) is 8.23. The maximum absolute atomic E-state index is 13.5. The number of rotatable bonds is 6. The highest BCUT2D eigenvalue weighted by molar-refractivity contribution is 6.00. The molecule has 0 bridgehead atoms. The van der Waals surface area contributed by atoms with Gasteiger partial charge in [0.1, 0.15) is 5.69 Å². The maximum atomic E-state index is 13.5. The SMILES string of the molecule is Cc1ccc(-c2nn(Cc3ccccc3)cc2C(=O)N2CCN(CCO)CC2)cc1C. The topological polar surface area (TPSA) is 61.6 Å². The van der Waals surface area contributed by atoms with Crippen LogP contribution in [0.1, 0.15) is 27.0 Å². The summed E-state index contributed by atoms with van der Waals surface area (Å²) in [7, 11) is 0. The number of carbonyl (C=O) groups excluding carboxylic acids is 1. The molecule has 1 aliphatic heterocycles. The summed E-state index contributed by atoms with van der Waals surface area (Å²) in [5, 5.41) is 14.0. The van der Waals surface area contributed by atoms with Gasteiger partial charge in [-0.3, -0.25) is 14.4 Å². The lowest BCUT2D eigenvalue weighted by Gasteiger charge is -2.34. The number of nitrogens with zero attached hydrogens (tertiary/aromatic N) is 4. The first kappa shape index (κ1) is 21.3. The van der Waals surface area contributed by atoms with Gasteiger partial charge in [0.2, 0.25) is 0 Å². The highest BCUT2D eigenvalue weighted by Gasteiger charge is 2.26. The Kier molecular flexibility index (Phi) is 6.49. The number of aromatic nitrogens is 2. The number of hydrogen-bond acceptors (Lipinski definition) is 4. The van der Waals surface area contributed by atoms with Gasteiger partial charge in [-0.2, -0.15) is 5.10 Å². The number of carbonyl (C=O) groups is 1. The van der Waals surface area contributed by atoms with Crippen molar-refractivity contribution in [3.63, 3.8) is 0 Å². The quantitative estimate of drug-likeness (QED) is 0.669. The molecule has 1 saturated heterocycles. The van der Waals surface area contributed by atoms with Crippen LogP contribution in [0.2, 0.25) is 0 Å². The van der Waals surface area contributed by atoms with Gasteiger partial charge in [0.05, 0.1) is 18.7 Å². The zero-order valence-corrected chi connectivity index (χ0v) is 18.3. The molecule has 0 unspecified atom stereocenters. The molecule has 6 nitrogen and oxygen atoms in total. The molecule has 1 amide bonds. The van der Waals surface area contributed by atoms with E-state index in [9.17, 15) is 4.79 Å². The highest BCUT2D eigenvalue weighted by atomic mass is 16.3. The first-order chi connectivity index (χ1) is 15.0.